The fourth-order valence-corrected chi connectivity index (χ4v) is 5.59. The summed E-state index contributed by atoms with van der Waals surface area (Å²) in [6.07, 6.45) is 0.0920. The van der Waals surface area contributed by atoms with Gasteiger partial charge in [0.2, 0.25) is 5.91 Å². The monoisotopic (exact) mass is 588 g/mol. The standard InChI is InChI=1S/C30H23F3N6O2S/c1-18(2)23-5-3-4-6-24(23)39-26(40)16-42-29(39)37-36-15-19-13-20-7-12-25-28(27(20)34-14-19)35-17-38(25)21-8-10-22(11-9-21)41-30(31,32)33/h3-15,17-18H,16H2,1-2H3/b36-15-,37-29+. The highest BCUT2D eigenvalue weighted by molar-refractivity contribution is 8.15. The first-order chi connectivity index (χ1) is 20.2. The second-order valence-corrected chi connectivity index (χ2v) is 10.7. The van der Waals surface area contributed by atoms with Gasteiger partial charge < -0.3 is 4.74 Å². The van der Waals surface area contributed by atoms with Crippen molar-refractivity contribution < 1.29 is 22.7 Å². The van der Waals surface area contributed by atoms with Gasteiger partial charge in [0.15, 0.2) is 5.17 Å². The van der Waals surface area contributed by atoms with Crippen molar-refractivity contribution in [3.63, 3.8) is 0 Å². The summed E-state index contributed by atoms with van der Waals surface area (Å²) in [5, 5.41) is 9.96. The number of rotatable bonds is 6. The number of halogens is 3. The molecule has 0 saturated carbocycles. The van der Waals surface area contributed by atoms with Crippen LogP contribution in [0.2, 0.25) is 0 Å². The smallest absolute Gasteiger partial charge is 0.406 e. The first-order valence-corrected chi connectivity index (χ1v) is 13.9. The molecule has 0 N–H and O–H groups in total. The number of anilines is 1. The third kappa shape index (κ3) is 5.45. The van der Waals surface area contributed by atoms with E-state index in [9.17, 15) is 18.0 Å². The summed E-state index contributed by atoms with van der Waals surface area (Å²) in [4.78, 5) is 23.4. The lowest BCUT2D eigenvalue weighted by molar-refractivity contribution is -0.274. The molecule has 0 unspecified atom stereocenters. The predicted molar refractivity (Wildman–Crippen MR) is 159 cm³/mol. The Labute approximate surface area is 242 Å². The third-order valence-electron chi connectivity index (χ3n) is 6.65. The van der Waals surface area contributed by atoms with Gasteiger partial charge in [0.1, 0.15) is 17.6 Å². The summed E-state index contributed by atoms with van der Waals surface area (Å²) in [6, 6.07) is 19.0. The fraction of sp³-hybridized carbons (Fsp3) is 0.167. The van der Waals surface area contributed by atoms with E-state index in [2.05, 4.69) is 38.8 Å². The number of thioether (sulfide) groups is 1. The molecule has 1 saturated heterocycles. The minimum Gasteiger partial charge on any atom is -0.406 e. The highest BCUT2D eigenvalue weighted by Crippen LogP contribution is 2.33. The zero-order valence-corrected chi connectivity index (χ0v) is 23.2. The molecule has 1 amide bonds. The molecule has 8 nitrogen and oxygen atoms in total. The highest BCUT2D eigenvalue weighted by atomic mass is 32.2. The van der Waals surface area contributed by atoms with Gasteiger partial charge in [0.05, 0.1) is 28.7 Å². The maximum absolute atomic E-state index is 12.7. The molecule has 212 valence electrons. The van der Waals surface area contributed by atoms with Gasteiger partial charge in [-0.1, -0.05) is 49.9 Å². The topological polar surface area (TPSA) is 85.0 Å². The summed E-state index contributed by atoms with van der Waals surface area (Å²) in [7, 11) is 0. The number of amides is 1. The van der Waals surface area contributed by atoms with Crippen molar-refractivity contribution in [2.24, 2.45) is 10.2 Å². The number of imidazole rings is 1. The van der Waals surface area contributed by atoms with E-state index in [1.165, 1.54) is 36.0 Å². The Kier molecular flexibility index (Phi) is 7.15. The summed E-state index contributed by atoms with van der Waals surface area (Å²) >= 11 is 1.35. The van der Waals surface area contributed by atoms with E-state index in [0.29, 0.717) is 33.2 Å². The quantitative estimate of drug-likeness (QED) is 0.157. The Morgan fingerprint density at radius 1 is 1.02 bits per heavy atom. The summed E-state index contributed by atoms with van der Waals surface area (Å²) in [5.74, 6) is 0.202. The first kappa shape index (κ1) is 27.5. The number of para-hydroxylation sites is 1. The van der Waals surface area contributed by atoms with E-state index >= 15 is 0 Å². The zero-order chi connectivity index (χ0) is 29.4. The molecule has 0 aliphatic carbocycles. The maximum atomic E-state index is 12.7. The Morgan fingerprint density at radius 2 is 1.81 bits per heavy atom. The Hall–Kier alpha value is -4.71. The molecule has 0 spiro atoms. The van der Waals surface area contributed by atoms with Gasteiger partial charge in [-0.15, -0.1) is 18.3 Å². The van der Waals surface area contributed by atoms with Crippen LogP contribution in [0.1, 0.15) is 30.9 Å². The zero-order valence-electron chi connectivity index (χ0n) is 22.4. The largest absolute Gasteiger partial charge is 0.573 e. The highest BCUT2D eigenvalue weighted by Gasteiger charge is 2.32. The Balaban J connectivity index is 1.25. The average molecular weight is 589 g/mol. The molecule has 2 aromatic heterocycles. The van der Waals surface area contributed by atoms with Crippen LogP contribution in [0.5, 0.6) is 5.75 Å². The number of benzene rings is 3. The molecule has 1 fully saturated rings. The second kappa shape index (κ2) is 10.9. The number of alkyl halides is 3. The second-order valence-electron chi connectivity index (χ2n) is 9.79. The molecule has 1 aliphatic heterocycles. The molecular weight excluding hydrogens is 565 g/mol. The number of hydrogen-bond acceptors (Lipinski definition) is 7. The normalized spacial score (nSPS) is 15.2. The number of ether oxygens (including phenoxy) is 1. The van der Waals surface area contributed by atoms with Crippen LogP contribution in [-0.4, -0.2) is 43.9 Å². The minimum atomic E-state index is -4.75. The van der Waals surface area contributed by atoms with Crippen LogP contribution >= 0.6 is 11.8 Å². The minimum absolute atomic E-state index is 0.0385. The number of carbonyl (C=O) groups excluding carboxylic acids is 1. The molecular formula is C30H23F3N6O2S. The van der Waals surface area contributed by atoms with Crippen molar-refractivity contribution >= 4 is 56.7 Å². The van der Waals surface area contributed by atoms with E-state index in [1.807, 2.05) is 42.5 Å². The van der Waals surface area contributed by atoms with Gasteiger partial charge in [0.25, 0.3) is 0 Å². The van der Waals surface area contributed by atoms with E-state index in [1.54, 1.807) is 28.2 Å². The van der Waals surface area contributed by atoms with Gasteiger partial charge in [-0.05, 0) is 53.9 Å². The van der Waals surface area contributed by atoms with Crippen molar-refractivity contribution in [3.05, 3.63) is 90.4 Å². The van der Waals surface area contributed by atoms with Crippen LogP contribution < -0.4 is 9.64 Å². The lowest BCUT2D eigenvalue weighted by atomic mass is 10.0. The predicted octanol–water partition coefficient (Wildman–Crippen LogP) is 7.07. The molecule has 1 aliphatic rings. The van der Waals surface area contributed by atoms with E-state index in [-0.39, 0.29) is 17.6 Å². The van der Waals surface area contributed by atoms with Crippen molar-refractivity contribution in [3.8, 4) is 11.4 Å². The maximum Gasteiger partial charge on any atom is 0.573 e. The van der Waals surface area contributed by atoms with Gasteiger partial charge in [-0.3, -0.25) is 19.2 Å². The molecule has 6 rings (SSSR count). The lowest BCUT2D eigenvalue weighted by Gasteiger charge is -2.20. The number of carbonyl (C=O) groups is 1. The van der Waals surface area contributed by atoms with E-state index < -0.39 is 6.36 Å². The van der Waals surface area contributed by atoms with E-state index in [0.717, 1.165) is 22.2 Å². The summed E-state index contributed by atoms with van der Waals surface area (Å²) in [6.45, 7) is 4.17. The first-order valence-electron chi connectivity index (χ1n) is 13.0. The van der Waals surface area contributed by atoms with Crippen molar-refractivity contribution in [1.82, 2.24) is 14.5 Å². The molecule has 0 bridgehead atoms. The van der Waals surface area contributed by atoms with Crippen LogP contribution in [0.15, 0.2) is 89.5 Å². The molecule has 0 atom stereocenters. The van der Waals surface area contributed by atoms with Gasteiger partial charge in [-0.2, -0.15) is 5.10 Å². The molecule has 3 aromatic carbocycles. The van der Waals surface area contributed by atoms with Crippen molar-refractivity contribution in [1.29, 1.82) is 0 Å². The number of hydrogen-bond donors (Lipinski definition) is 0. The summed E-state index contributed by atoms with van der Waals surface area (Å²) in [5.41, 5.74) is 5.28. The van der Waals surface area contributed by atoms with Crippen LogP contribution in [0.3, 0.4) is 0 Å². The van der Waals surface area contributed by atoms with Gasteiger partial charge >= 0.3 is 6.36 Å². The fourth-order valence-electron chi connectivity index (χ4n) is 4.77. The Morgan fingerprint density at radius 3 is 2.57 bits per heavy atom. The van der Waals surface area contributed by atoms with Crippen molar-refractivity contribution in [2.45, 2.75) is 26.1 Å². The Bertz CT molecular complexity index is 1870. The van der Waals surface area contributed by atoms with E-state index in [4.69, 9.17) is 0 Å². The third-order valence-corrected chi connectivity index (χ3v) is 7.57. The van der Waals surface area contributed by atoms with Crippen molar-refractivity contribution in [2.75, 3.05) is 10.7 Å². The van der Waals surface area contributed by atoms with Gasteiger partial charge in [0, 0.05) is 22.8 Å². The van der Waals surface area contributed by atoms with Crippen LogP contribution in [0.25, 0.3) is 27.6 Å². The number of aromatic nitrogens is 3. The molecule has 42 heavy (non-hydrogen) atoms. The lowest BCUT2D eigenvalue weighted by Crippen LogP contribution is -2.30. The SMILES string of the molecule is CC(C)c1ccccc1N1C(=O)CS/C1=N/N=C\c1cnc2c(ccc3c2ncn3-c2ccc(OC(F)(F)F)cc2)c1. The number of fused-ring (bicyclic) bond motifs is 3. The molecule has 0 radical (unpaired) electrons. The van der Waals surface area contributed by atoms with Gasteiger partial charge in [-0.25, -0.2) is 4.98 Å². The van der Waals surface area contributed by atoms with Crippen LogP contribution in [0, 0.1) is 0 Å². The summed E-state index contributed by atoms with van der Waals surface area (Å²) < 4.78 is 43.2. The molecule has 12 heteroatoms. The molecule has 5 aromatic rings. The van der Waals surface area contributed by atoms with Crippen LogP contribution in [-0.2, 0) is 4.79 Å². The average Bonchev–Trinajstić information content (AvgIpc) is 3.56. The number of nitrogens with zero attached hydrogens (tertiary/aromatic N) is 6. The molecule has 3 heterocycles. The number of amidine groups is 1. The number of pyridine rings is 1. The van der Waals surface area contributed by atoms with Crippen LogP contribution in [0.4, 0.5) is 18.9 Å².